The quantitative estimate of drug-likeness (QED) is 0.657. The summed E-state index contributed by atoms with van der Waals surface area (Å²) in [4.78, 5) is 18.1. The van der Waals surface area contributed by atoms with E-state index in [1.165, 1.54) is 6.92 Å². The molecular weight excluding hydrogens is 292 g/mol. The van der Waals surface area contributed by atoms with Crippen molar-refractivity contribution in [2.45, 2.75) is 19.1 Å². The minimum atomic E-state index is -4.52. The van der Waals surface area contributed by atoms with E-state index in [0.717, 1.165) is 6.20 Å². The van der Waals surface area contributed by atoms with Crippen molar-refractivity contribution in [2.75, 3.05) is 11.9 Å². The molecule has 1 aromatic heterocycles. The minimum absolute atomic E-state index is 0.258. The molecule has 0 unspecified atom stereocenters. The number of aromatic nitrogens is 2. The van der Waals surface area contributed by atoms with Crippen LogP contribution in [-0.2, 0) is 4.79 Å². The van der Waals surface area contributed by atoms with Crippen LogP contribution in [0.4, 0.5) is 23.4 Å². The number of amides is 1. The monoisotopic (exact) mass is 300 g/mol. The molecule has 0 aliphatic rings. The van der Waals surface area contributed by atoms with Gasteiger partial charge in [0.15, 0.2) is 11.6 Å². The van der Waals surface area contributed by atoms with Crippen LogP contribution in [0.15, 0.2) is 6.20 Å². The first-order valence-corrected chi connectivity index (χ1v) is 5.36. The van der Waals surface area contributed by atoms with Crippen molar-refractivity contribution >= 4 is 23.3 Å². The summed E-state index contributed by atoms with van der Waals surface area (Å²) in [5, 5.41) is 3.69. The Morgan fingerprint density at radius 2 is 2.16 bits per heavy atom. The van der Waals surface area contributed by atoms with Gasteiger partial charge in [-0.15, -0.1) is 0 Å². The van der Waals surface area contributed by atoms with Crippen LogP contribution in [-0.4, -0.2) is 34.6 Å². The molecule has 0 saturated carbocycles. The zero-order valence-corrected chi connectivity index (χ0v) is 10.3. The Bertz CT molecular complexity index is 468. The van der Waals surface area contributed by atoms with Gasteiger partial charge >= 0.3 is 6.18 Å². The maximum absolute atomic E-state index is 13.2. The molecule has 1 aromatic rings. The van der Waals surface area contributed by atoms with Crippen molar-refractivity contribution in [3.05, 3.63) is 17.3 Å². The summed E-state index contributed by atoms with van der Waals surface area (Å²) < 4.78 is 48.9. The number of carbonyl (C=O) groups is 1. The van der Waals surface area contributed by atoms with Gasteiger partial charge in [-0.3, -0.25) is 4.79 Å². The third-order valence-electron chi connectivity index (χ3n) is 1.92. The number of nitrogens with one attached hydrogen (secondary N) is 2. The lowest BCUT2D eigenvalue weighted by Gasteiger charge is -2.15. The van der Waals surface area contributed by atoms with E-state index in [2.05, 4.69) is 15.3 Å². The topological polar surface area (TPSA) is 66.9 Å². The lowest BCUT2D eigenvalue weighted by atomic mass is 10.3. The first kappa shape index (κ1) is 15.4. The fourth-order valence-electron chi connectivity index (χ4n) is 1.06. The molecule has 0 saturated heterocycles. The average molecular weight is 301 g/mol. The number of halogens is 5. The Morgan fingerprint density at radius 1 is 1.53 bits per heavy atom. The van der Waals surface area contributed by atoms with E-state index in [9.17, 15) is 22.4 Å². The van der Waals surface area contributed by atoms with Gasteiger partial charge in [0.2, 0.25) is 11.2 Å². The molecule has 1 rings (SSSR count). The second kappa shape index (κ2) is 6.00. The zero-order chi connectivity index (χ0) is 14.6. The lowest BCUT2D eigenvalue weighted by Crippen LogP contribution is -2.42. The van der Waals surface area contributed by atoms with E-state index in [1.807, 2.05) is 0 Å². The Morgan fingerprint density at radius 3 is 2.74 bits per heavy atom. The van der Waals surface area contributed by atoms with Gasteiger partial charge in [0, 0.05) is 0 Å². The van der Waals surface area contributed by atoms with Crippen LogP contribution in [0, 0.1) is 5.82 Å². The highest BCUT2D eigenvalue weighted by atomic mass is 35.5. The number of rotatable bonds is 4. The van der Waals surface area contributed by atoms with Crippen molar-refractivity contribution in [1.82, 2.24) is 15.3 Å². The summed E-state index contributed by atoms with van der Waals surface area (Å²) in [5.74, 6) is -2.19. The third-order valence-corrected chi connectivity index (χ3v) is 2.11. The number of nitrogens with zero attached hydrogens (tertiary/aromatic N) is 2. The lowest BCUT2D eigenvalue weighted by molar-refractivity contribution is -0.138. The van der Waals surface area contributed by atoms with Crippen LogP contribution < -0.4 is 10.6 Å². The van der Waals surface area contributed by atoms with Crippen LogP contribution in [0.1, 0.15) is 6.92 Å². The predicted octanol–water partition coefficient (Wildman–Crippen LogP) is 1.75. The fourth-order valence-corrected chi connectivity index (χ4v) is 1.19. The molecule has 0 fully saturated rings. The zero-order valence-electron chi connectivity index (χ0n) is 9.55. The Labute approximate surface area is 110 Å². The fraction of sp³-hybridized carbons (Fsp3) is 0.444. The van der Waals surface area contributed by atoms with Crippen LogP contribution >= 0.6 is 11.6 Å². The highest BCUT2D eigenvalue weighted by molar-refractivity contribution is 6.28. The van der Waals surface area contributed by atoms with E-state index >= 15 is 0 Å². The molecule has 0 radical (unpaired) electrons. The summed E-state index contributed by atoms with van der Waals surface area (Å²) in [5.41, 5.74) is 0. The second-order valence-electron chi connectivity index (χ2n) is 3.53. The highest BCUT2D eigenvalue weighted by Gasteiger charge is 2.28. The molecule has 0 aliphatic heterocycles. The Balaban J connectivity index is 2.61. The first-order valence-electron chi connectivity index (χ1n) is 4.98. The normalized spacial score (nSPS) is 12.9. The van der Waals surface area contributed by atoms with E-state index < -0.39 is 30.5 Å². The van der Waals surface area contributed by atoms with Crippen molar-refractivity contribution < 1.29 is 22.4 Å². The maximum Gasteiger partial charge on any atom is 0.405 e. The van der Waals surface area contributed by atoms with Crippen molar-refractivity contribution in [3.8, 4) is 0 Å². The number of alkyl halides is 3. The van der Waals surface area contributed by atoms with Crippen molar-refractivity contribution in [3.63, 3.8) is 0 Å². The highest BCUT2D eigenvalue weighted by Crippen LogP contribution is 2.14. The summed E-state index contributed by atoms with van der Waals surface area (Å²) in [6, 6.07) is -1.12. The molecule has 5 nitrogen and oxygen atoms in total. The standard InChI is InChI=1S/C9H9ClF4N4O/c1-4(7(19)16-3-9(12,13)14)17-6-5(11)2-15-8(10)18-6/h2,4H,3H2,1H3,(H,16,19)(H,15,17,18)/t4-/m0/s1. The van der Waals surface area contributed by atoms with Gasteiger partial charge < -0.3 is 10.6 Å². The van der Waals surface area contributed by atoms with E-state index in [1.54, 1.807) is 5.32 Å². The van der Waals surface area contributed by atoms with Crippen molar-refractivity contribution in [2.24, 2.45) is 0 Å². The van der Waals surface area contributed by atoms with Gasteiger partial charge in [-0.2, -0.15) is 18.2 Å². The summed E-state index contributed by atoms with van der Waals surface area (Å²) in [6.07, 6.45) is -3.74. The second-order valence-corrected chi connectivity index (χ2v) is 3.87. The van der Waals surface area contributed by atoms with Gasteiger partial charge in [-0.1, -0.05) is 0 Å². The van der Waals surface area contributed by atoms with Gasteiger partial charge in [-0.05, 0) is 18.5 Å². The molecule has 19 heavy (non-hydrogen) atoms. The largest absolute Gasteiger partial charge is 0.405 e. The number of hydrogen-bond donors (Lipinski definition) is 2. The van der Waals surface area contributed by atoms with Gasteiger partial charge in [0.25, 0.3) is 0 Å². The molecule has 1 amide bonds. The summed E-state index contributed by atoms with van der Waals surface area (Å²) in [7, 11) is 0. The van der Waals surface area contributed by atoms with Crippen LogP contribution in [0.5, 0.6) is 0 Å². The van der Waals surface area contributed by atoms with Gasteiger partial charge in [-0.25, -0.2) is 9.37 Å². The van der Waals surface area contributed by atoms with Crippen LogP contribution in [0.2, 0.25) is 5.28 Å². The number of anilines is 1. The predicted molar refractivity (Wildman–Crippen MR) is 59.1 cm³/mol. The van der Waals surface area contributed by atoms with Crippen molar-refractivity contribution in [1.29, 1.82) is 0 Å². The van der Waals surface area contributed by atoms with E-state index in [0.29, 0.717) is 0 Å². The average Bonchev–Trinajstić information content (AvgIpc) is 2.29. The smallest absolute Gasteiger partial charge is 0.356 e. The molecule has 10 heteroatoms. The minimum Gasteiger partial charge on any atom is -0.356 e. The molecule has 0 aromatic carbocycles. The number of hydrogen-bond acceptors (Lipinski definition) is 4. The molecule has 1 heterocycles. The van der Waals surface area contributed by atoms with E-state index in [-0.39, 0.29) is 11.1 Å². The molecule has 106 valence electrons. The summed E-state index contributed by atoms with van der Waals surface area (Å²) >= 11 is 5.42. The molecular formula is C9H9ClF4N4O. The third kappa shape index (κ3) is 5.25. The maximum atomic E-state index is 13.2. The molecule has 2 N–H and O–H groups in total. The Hall–Kier alpha value is -1.64. The van der Waals surface area contributed by atoms with Gasteiger partial charge in [0.05, 0.1) is 6.20 Å². The number of carbonyl (C=O) groups excluding carboxylic acids is 1. The van der Waals surface area contributed by atoms with E-state index in [4.69, 9.17) is 11.6 Å². The molecule has 0 spiro atoms. The van der Waals surface area contributed by atoms with Crippen LogP contribution in [0.3, 0.4) is 0 Å². The SMILES string of the molecule is C[C@H](Nc1nc(Cl)ncc1F)C(=O)NCC(F)(F)F. The van der Waals surface area contributed by atoms with Gasteiger partial charge in [0.1, 0.15) is 12.6 Å². The molecule has 0 aliphatic carbocycles. The summed E-state index contributed by atoms with van der Waals surface area (Å²) in [6.45, 7) is -0.216. The Kier molecular flexibility index (Phi) is 4.87. The molecule has 1 atom stereocenters. The van der Waals surface area contributed by atoms with Crippen LogP contribution in [0.25, 0.3) is 0 Å². The first-order chi connectivity index (χ1) is 8.69. The molecule has 0 bridgehead atoms.